The van der Waals surface area contributed by atoms with E-state index in [1.807, 2.05) is 19.9 Å². The smallest absolute Gasteiger partial charge is 0.263 e. The zero-order valence-corrected chi connectivity index (χ0v) is 18.6. The second-order valence-corrected chi connectivity index (χ2v) is 8.60. The first-order valence-corrected chi connectivity index (χ1v) is 11.1. The number of nitrogens with one attached hydrogen (secondary N) is 1. The Hall–Kier alpha value is -3.20. The van der Waals surface area contributed by atoms with Crippen LogP contribution in [0.15, 0.2) is 34.3 Å². The molecule has 0 bridgehead atoms. The van der Waals surface area contributed by atoms with Gasteiger partial charge in [-0.3, -0.25) is 9.36 Å². The van der Waals surface area contributed by atoms with Gasteiger partial charge in [0.15, 0.2) is 0 Å². The lowest BCUT2D eigenvalue weighted by molar-refractivity contribution is 0.324. The van der Waals surface area contributed by atoms with Crippen LogP contribution >= 0.6 is 11.6 Å². The number of nitrogens with two attached hydrogens (primary N) is 1. The Kier molecular flexibility index (Phi) is 5.21. The number of benzene rings is 1. The van der Waals surface area contributed by atoms with E-state index < -0.39 is 0 Å². The Balaban J connectivity index is 1.62. The van der Waals surface area contributed by atoms with Gasteiger partial charge >= 0.3 is 0 Å². The molecule has 166 valence electrons. The van der Waals surface area contributed by atoms with Crippen molar-refractivity contribution in [3.05, 3.63) is 51.3 Å². The third kappa shape index (κ3) is 3.56. The number of hydrogen-bond donors (Lipinski definition) is 2. The molecule has 10 heteroatoms. The van der Waals surface area contributed by atoms with Gasteiger partial charge in [-0.2, -0.15) is 0 Å². The van der Waals surface area contributed by atoms with Gasteiger partial charge in [0.2, 0.25) is 5.90 Å². The summed E-state index contributed by atoms with van der Waals surface area (Å²) >= 11 is 6.35. The summed E-state index contributed by atoms with van der Waals surface area (Å²) in [5, 5.41) is 4.30. The zero-order valence-electron chi connectivity index (χ0n) is 17.9. The number of ether oxygens (including phenoxy) is 1. The maximum atomic E-state index is 13.4. The minimum Gasteiger partial charge on any atom is -0.475 e. The molecule has 1 saturated carbocycles. The van der Waals surface area contributed by atoms with Crippen LogP contribution in [0.1, 0.15) is 56.6 Å². The van der Waals surface area contributed by atoms with E-state index in [1.165, 1.54) is 6.33 Å². The van der Waals surface area contributed by atoms with Crippen molar-refractivity contribution in [3.8, 4) is 0 Å². The summed E-state index contributed by atoms with van der Waals surface area (Å²) in [7, 11) is 0. The van der Waals surface area contributed by atoms with E-state index in [4.69, 9.17) is 27.1 Å². The van der Waals surface area contributed by atoms with Crippen LogP contribution in [0.3, 0.4) is 0 Å². The highest BCUT2D eigenvalue weighted by atomic mass is 35.5. The van der Waals surface area contributed by atoms with Crippen molar-refractivity contribution in [2.45, 2.75) is 51.2 Å². The number of aromatic nitrogens is 4. The molecule has 3 N–H and O–H groups in total. The van der Waals surface area contributed by atoms with Crippen molar-refractivity contribution < 1.29 is 4.74 Å². The Morgan fingerprint density at radius 2 is 2.16 bits per heavy atom. The van der Waals surface area contributed by atoms with Crippen LogP contribution in [0.2, 0.25) is 5.02 Å². The Morgan fingerprint density at radius 1 is 1.34 bits per heavy atom. The topological polar surface area (TPSA) is 120 Å². The van der Waals surface area contributed by atoms with E-state index in [0.29, 0.717) is 52.1 Å². The number of rotatable bonds is 6. The second-order valence-electron chi connectivity index (χ2n) is 8.19. The Labute approximate surface area is 189 Å². The molecule has 2 atom stereocenters. The molecule has 1 aliphatic carbocycles. The highest BCUT2D eigenvalue weighted by Gasteiger charge is 2.32. The first kappa shape index (κ1) is 20.7. The quantitative estimate of drug-likeness (QED) is 0.586. The number of hydrogen-bond acceptors (Lipinski definition) is 8. The van der Waals surface area contributed by atoms with Crippen molar-refractivity contribution in [3.63, 3.8) is 0 Å². The van der Waals surface area contributed by atoms with Gasteiger partial charge in [-0.15, -0.1) is 0 Å². The van der Waals surface area contributed by atoms with Crippen LogP contribution in [0.4, 0.5) is 11.6 Å². The standard InChI is InChI=1S/C22H24ClN7O2/c1-3-14(28-19-17(18(24)25-10-26-19)21-27-11(2)9-32-21)20-29-15-6-4-5-13(23)16(15)22(31)30(20)12-7-8-12/h4-6,10-12,14H,3,7-9H2,1-2H3,(H3,24,25,26,28). The maximum Gasteiger partial charge on any atom is 0.263 e. The molecule has 2 unspecified atom stereocenters. The lowest BCUT2D eigenvalue weighted by Gasteiger charge is -2.23. The van der Waals surface area contributed by atoms with Crippen LogP contribution in [0, 0.1) is 0 Å². The molecule has 0 amide bonds. The fraction of sp³-hybridized carbons (Fsp3) is 0.409. The van der Waals surface area contributed by atoms with Gasteiger partial charge in [-0.25, -0.2) is 19.9 Å². The molecule has 1 aromatic carbocycles. The number of nitrogen functional groups attached to an aromatic ring is 1. The summed E-state index contributed by atoms with van der Waals surface area (Å²) < 4.78 is 7.50. The van der Waals surface area contributed by atoms with E-state index in [0.717, 1.165) is 12.8 Å². The van der Waals surface area contributed by atoms with Crippen molar-refractivity contribution in [1.29, 1.82) is 0 Å². The van der Waals surface area contributed by atoms with Crippen LogP contribution < -0.4 is 16.6 Å². The van der Waals surface area contributed by atoms with Crippen LogP contribution in [0.25, 0.3) is 10.9 Å². The van der Waals surface area contributed by atoms with Crippen LogP contribution in [-0.4, -0.2) is 38.1 Å². The van der Waals surface area contributed by atoms with Gasteiger partial charge in [0.1, 0.15) is 36.0 Å². The first-order chi connectivity index (χ1) is 15.5. The van der Waals surface area contributed by atoms with E-state index in [1.54, 1.807) is 16.7 Å². The largest absolute Gasteiger partial charge is 0.475 e. The SMILES string of the molecule is CCC(Nc1ncnc(N)c1C1=NC(C)CO1)c1nc2cccc(Cl)c2c(=O)n1C1CC1. The van der Waals surface area contributed by atoms with Gasteiger partial charge in [-0.1, -0.05) is 24.6 Å². The lowest BCUT2D eigenvalue weighted by Crippen LogP contribution is -2.29. The summed E-state index contributed by atoms with van der Waals surface area (Å²) in [6.07, 6.45) is 3.94. The van der Waals surface area contributed by atoms with E-state index in [2.05, 4.69) is 20.3 Å². The van der Waals surface area contributed by atoms with Crippen molar-refractivity contribution >= 4 is 40.0 Å². The van der Waals surface area contributed by atoms with Crippen LogP contribution in [-0.2, 0) is 4.74 Å². The molecule has 3 heterocycles. The van der Waals surface area contributed by atoms with Gasteiger partial charge in [0, 0.05) is 6.04 Å². The van der Waals surface area contributed by atoms with Gasteiger partial charge in [0.25, 0.3) is 5.56 Å². The monoisotopic (exact) mass is 453 g/mol. The molecule has 2 aliphatic rings. The lowest BCUT2D eigenvalue weighted by atomic mass is 10.1. The van der Waals surface area contributed by atoms with Gasteiger partial charge in [-0.05, 0) is 38.3 Å². The molecule has 32 heavy (non-hydrogen) atoms. The summed E-state index contributed by atoms with van der Waals surface area (Å²) in [4.78, 5) is 31.3. The minimum atomic E-state index is -0.292. The molecule has 2 aromatic heterocycles. The fourth-order valence-electron chi connectivity index (χ4n) is 4.00. The predicted molar refractivity (Wildman–Crippen MR) is 124 cm³/mol. The molecule has 0 radical (unpaired) electrons. The molecule has 1 fully saturated rings. The second kappa shape index (κ2) is 8.05. The average molecular weight is 454 g/mol. The number of halogens is 1. The zero-order chi connectivity index (χ0) is 22.4. The number of aliphatic imine (C=N–C) groups is 1. The number of fused-ring (bicyclic) bond motifs is 1. The molecule has 9 nitrogen and oxygen atoms in total. The van der Waals surface area contributed by atoms with E-state index in [-0.39, 0.29) is 29.5 Å². The number of nitrogens with zero attached hydrogens (tertiary/aromatic N) is 5. The van der Waals surface area contributed by atoms with Crippen molar-refractivity contribution in [2.75, 3.05) is 17.7 Å². The molecule has 1 aliphatic heterocycles. The van der Waals surface area contributed by atoms with Gasteiger partial charge in [0.05, 0.1) is 28.0 Å². The van der Waals surface area contributed by atoms with Crippen LogP contribution in [0.5, 0.6) is 0 Å². The average Bonchev–Trinajstić information content (AvgIpc) is 3.51. The number of anilines is 2. The Morgan fingerprint density at radius 3 is 2.84 bits per heavy atom. The van der Waals surface area contributed by atoms with E-state index >= 15 is 0 Å². The first-order valence-electron chi connectivity index (χ1n) is 10.8. The third-order valence-corrected chi connectivity index (χ3v) is 6.05. The maximum absolute atomic E-state index is 13.4. The normalized spacial score (nSPS) is 19.0. The molecule has 5 rings (SSSR count). The van der Waals surface area contributed by atoms with Crippen molar-refractivity contribution in [2.24, 2.45) is 4.99 Å². The molecule has 0 saturated heterocycles. The molecular formula is C22H24ClN7O2. The summed E-state index contributed by atoms with van der Waals surface area (Å²) in [6.45, 7) is 4.47. The highest BCUT2D eigenvalue weighted by Crippen LogP contribution is 2.37. The molecule has 3 aromatic rings. The van der Waals surface area contributed by atoms with Crippen molar-refractivity contribution in [1.82, 2.24) is 19.5 Å². The summed E-state index contributed by atoms with van der Waals surface area (Å²) in [6, 6.07) is 5.20. The molecular weight excluding hydrogens is 430 g/mol. The fourth-order valence-corrected chi connectivity index (χ4v) is 4.25. The third-order valence-electron chi connectivity index (χ3n) is 5.74. The van der Waals surface area contributed by atoms with E-state index in [9.17, 15) is 4.79 Å². The predicted octanol–water partition coefficient (Wildman–Crippen LogP) is 3.49. The van der Waals surface area contributed by atoms with Gasteiger partial charge < -0.3 is 15.8 Å². The summed E-state index contributed by atoms with van der Waals surface area (Å²) in [5.41, 5.74) is 7.16. The minimum absolute atomic E-state index is 0.0337. The summed E-state index contributed by atoms with van der Waals surface area (Å²) in [5.74, 6) is 1.86. The molecule has 0 spiro atoms. The highest BCUT2D eigenvalue weighted by molar-refractivity contribution is 6.35. The Bertz CT molecular complexity index is 1290.